The SMILES string of the molecule is CCn1c(C(CC(=O)O)c2ccc(S(=O)(=O)CC3CC3)cc2)nc2cc(-c3ccccc3OC(Cl)Cl)c(Cl)cc21. The summed E-state index contributed by atoms with van der Waals surface area (Å²) in [5.74, 6) is -0.232. The van der Waals surface area contributed by atoms with Gasteiger partial charge >= 0.3 is 5.97 Å². The molecule has 0 amide bonds. The smallest absolute Gasteiger partial charge is 0.304 e. The van der Waals surface area contributed by atoms with E-state index in [2.05, 4.69) is 0 Å². The number of aromatic nitrogens is 2. The number of fused-ring (bicyclic) bond motifs is 1. The van der Waals surface area contributed by atoms with Gasteiger partial charge in [-0.25, -0.2) is 13.4 Å². The van der Waals surface area contributed by atoms with E-state index in [1.807, 2.05) is 29.7 Å². The van der Waals surface area contributed by atoms with Gasteiger partial charge in [0.15, 0.2) is 9.84 Å². The number of para-hydroxylation sites is 1. The molecule has 5 rings (SSSR count). The predicted octanol–water partition coefficient (Wildman–Crippen LogP) is 7.31. The first-order chi connectivity index (χ1) is 19.1. The minimum atomic E-state index is -3.39. The number of benzene rings is 3. The van der Waals surface area contributed by atoms with Crippen molar-refractivity contribution in [2.45, 2.75) is 48.6 Å². The number of carbonyl (C=O) groups is 1. The zero-order valence-corrected chi connectivity index (χ0v) is 24.6. The minimum absolute atomic E-state index is 0.143. The van der Waals surface area contributed by atoms with Gasteiger partial charge in [0.05, 0.1) is 39.0 Å². The second-order valence-electron chi connectivity index (χ2n) is 9.85. The van der Waals surface area contributed by atoms with Crippen molar-refractivity contribution in [1.29, 1.82) is 0 Å². The van der Waals surface area contributed by atoms with E-state index in [4.69, 9.17) is 44.5 Å². The largest absolute Gasteiger partial charge is 0.481 e. The molecule has 1 aliphatic carbocycles. The molecule has 0 radical (unpaired) electrons. The zero-order chi connectivity index (χ0) is 28.6. The number of nitrogens with zero attached hydrogens (tertiary/aromatic N) is 2. The Balaban J connectivity index is 1.58. The normalized spacial score (nSPS) is 14.5. The lowest BCUT2D eigenvalue weighted by molar-refractivity contribution is -0.137. The van der Waals surface area contributed by atoms with E-state index in [-0.39, 0.29) is 23.0 Å². The number of hydrogen-bond donors (Lipinski definition) is 1. The van der Waals surface area contributed by atoms with Crippen molar-refractivity contribution in [3.63, 3.8) is 0 Å². The Kier molecular flexibility index (Phi) is 8.34. The first-order valence-corrected chi connectivity index (χ1v) is 15.8. The molecule has 210 valence electrons. The van der Waals surface area contributed by atoms with Crippen molar-refractivity contribution >= 4 is 61.6 Å². The van der Waals surface area contributed by atoms with Crippen LogP contribution in [-0.4, -0.2) is 39.8 Å². The predicted molar refractivity (Wildman–Crippen MR) is 157 cm³/mol. The Labute approximate surface area is 247 Å². The first kappa shape index (κ1) is 28.7. The fraction of sp³-hybridized carbons (Fsp3) is 0.310. The molecule has 0 aliphatic heterocycles. The van der Waals surface area contributed by atoms with E-state index >= 15 is 0 Å². The number of imidazole rings is 1. The van der Waals surface area contributed by atoms with Crippen LogP contribution in [0.3, 0.4) is 0 Å². The Morgan fingerprint density at radius 3 is 2.42 bits per heavy atom. The quantitative estimate of drug-likeness (QED) is 0.176. The molecule has 0 spiro atoms. The van der Waals surface area contributed by atoms with Crippen LogP contribution >= 0.6 is 34.8 Å². The molecule has 1 heterocycles. The van der Waals surface area contributed by atoms with Crippen LogP contribution in [0, 0.1) is 5.92 Å². The van der Waals surface area contributed by atoms with Crippen LogP contribution in [0.2, 0.25) is 5.02 Å². The second-order valence-corrected chi connectivity index (χ2v) is 13.3. The van der Waals surface area contributed by atoms with Crippen molar-refractivity contribution in [2.24, 2.45) is 5.92 Å². The van der Waals surface area contributed by atoms with Gasteiger partial charge in [0.25, 0.3) is 0 Å². The first-order valence-electron chi connectivity index (χ1n) is 12.9. The molecule has 1 saturated carbocycles. The maximum atomic E-state index is 12.7. The molecule has 1 fully saturated rings. The summed E-state index contributed by atoms with van der Waals surface area (Å²) in [4.78, 5) is 17.1. The lowest BCUT2D eigenvalue weighted by Crippen LogP contribution is -2.14. The zero-order valence-electron chi connectivity index (χ0n) is 21.6. The van der Waals surface area contributed by atoms with Crippen LogP contribution in [-0.2, 0) is 21.2 Å². The fourth-order valence-corrected chi connectivity index (χ4v) is 7.14. The number of carboxylic acids is 1. The van der Waals surface area contributed by atoms with E-state index in [1.165, 1.54) is 0 Å². The van der Waals surface area contributed by atoms with Gasteiger partial charge in [-0.05, 0) is 61.6 Å². The number of halogens is 3. The van der Waals surface area contributed by atoms with Crippen LogP contribution in [0.5, 0.6) is 5.75 Å². The molecular weight excluding hydrogens is 595 g/mol. The average Bonchev–Trinajstić information content (AvgIpc) is 3.64. The number of rotatable bonds is 11. The van der Waals surface area contributed by atoms with E-state index in [9.17, 15) is 18.3 Å². The van der Waals surface area contributed by atoms with Crippen LogP contribution in [0.1, 0.15) is 43.5 Å². The molecule has 1 aliphatic rings. The third-order valence-corrected chi connectivity index (χ3v) is 9.45. The van der Waals surface area contributed by atoms with E-state index in [1.54, 1.807) is 42.5 Å². The summed E-state index contributed by atoms with van der Waals surface area (Å²) in [7, 11) is -3.39. The third-order valence-electron chi connectivity index (χ3n) is 7.06. The molecule has 11 heteroatoms. The third kappa shape index (κ3) is 6.10. The number of alkyl halides is 2. The van der Waals surface area contributed by atoms with Crippen molar-refractivity contribution in [3.8, 4) is 16.9 Å². The average molecular weight is 622 g/mol. The Morgan fingerprint density at radius 2 is 1.80 bits per heavy atom. The molecule has 40 heavy (non-hydrogen) atoms. The summed E-state index contributed by atoms with van der Waals surface area (Å²) in [6, 6.07) is 17.3. The number of carboxylic acid groups (broad SMARTS) is 1. The molecule has 7 nitrogen and oxygen atoms in total. The standard InChI is InChI=1S/C29H27Cl3N2O5S/c1-2-34-25-15-23(30)22(20-5-3-4-6-26(20)39-29(31)32)13-24(25)33-28(34)21(14-27(35)36)18-9-11-19(12-10-18)40(37,38)16-17-7-8-17/h3-6,9-13,15,17,21,29H,2,7-8,14,16H2,1H3,(H,35,36). The highest BCUT2D eigenvalue weighted by atomic mass is 35.5. The van der Waals surface area contributed by atoms with Gasteiger partial charge in [-0.2, -0.15) is 0 Å². The fourth-order valence-electron chi connectivity index (χ4n) is 4.99. The van der Waals surface area contributed by atoms with Gasteiger partial charge < -0.3 is 14.4 Å². The molecule has 1 N–H and O–H groups in total. The maximum Gasteiger partial charge on any atom is 0.304 e. The molecule has 1 atom stereocenters. The van der Waals surface area contributed by atoms with Crippen molar-refractivity contribution in [2.75, 3.05) is 5.75 Å². The lowest BCUT2D eigenvalue weighted by Gasteiger charge is -2.17. The van der Waals surface area contributed by atoms with Gasteiger partial charge in [-0.15, -0.1) is 0 Å². The van der Waals surface area contributed by atoms with Gasteiger partial charge in [-0.3, -0.25) is 4.79 Å². The number of aryl methyl sites for hydroxylation is 1. The number of sulfone groups is 1. The Hall–Kier alpha value is -2.78. The summed E-state index contributed by atoms with van der Waals surface area (Å²) in [5.41, 5.74) is 3.37. The van der Waals surface area contributed by atoms with E-state index in [0.717, 1.165) is 18.4 Å². The van der Waals surface area contributed by atoms with Gasteiger partial charge in [0, 0.05) is 17.7 Å². The van der Waals surface area contributed by atoms with Gasteiger partial charge in [-0.1, -0.05) is 65.1 Å². The maximum absolute atomic E-state index is 12.7. The van der Waals surface area contributed by atoms with Gasteiger partial charge in [0.2, 0.25) is 5.02 Å². The molecular formula is C29H27Cl3N2O5S. The van der Waals surface area contributed by atoms with Crippen LogP contribution in [0.25, 0.3) is 22.2 Å². The highest BCUT2D eigenvalue weighted by Gasteiger charge is 2.30. The summed E-state index contributed by atoms with van der Waals surface area (Å²) < 4.78 is 33.0. The van der Waals surface area contributed by atoms with Crippen molar-refractivity contribution in [1.82, 2.24) is 9.55 Å². The van der Waals surface area contributed by atoms with Crippen molar-refractivity contribution < 1.29 is 23.1 Å². The van der Waals surface area contributed by atoms with Gasteiger partial charge in [0.1, 0.15) is 11.6 Å². The summed E-state index contributed by atoms with van der Waals surface area (Å²) in [5, 5.41) is 9.17. The van der Waals surface area contributed by atoms with Crippen LogP contribution in [0.15, 0.2) is 65.6 Å². The molecule has 0 saturated heterocycles. The highest BCUT2D eigenvalue weighted by molar-refractivity contribution is 7.91. The lowest BCUT2D eigenvalue weighted by atomic mass is 9.95. The van der Waals surface area contributed by atoms with Crippen LogP contribution in [0.4, 0.5) is 0 Å². The highest BCUT2D eigenvalue weighted by Crippen LogP contribution is 2.40. The van der Waals surface area contributed by atoms with Crippen LogP contribution < -0.4 is 4.74 Å². The molecule has 3 aromatic carbocycles. The summed E-state index contributed by atoms with van der Waals surface area (Å²) in [6.07, 6.45) is 1.66. The Morgan fingerprint density at radius 1 is 1.10 bits per heavy atom. The molecule has 4 aromatic rings. The van der Waals surface area contributed by atoms with E-state index in [0.29, 0.717) is 45.3 Å². The second kappa shape index (κ2) is 11.6. The van der Waals surface area contributed by atoms with E-state index < -0.39 is 26.7 Å². The monoisotopic (exact) mass is 620 g/mol. The number of hydrogen-bond acceptors (Lipinski definition) is 5. The Bertz CT molecular complexity index is 1670. The number of ether oxygens (including phenoxy) is 1. The van der Waals surface area contributed by atoms with Crippen molar-refractivity contribution in [3.05, 3.63) is 77.1 Å². The number of aliphatic carboxylic acids is 1. The topological polar surface area (TPSA) is 98.5 Å². The summed E-state index contributed by atoms with van der Waals surface area (Å²) >= 11 is 18.5. The minimum Gasteiger partial charge on any atom is -0.481 e. The molecule has 1 unspecified atom stereocenters. The molecule has 0 bridgehead atoms. The molecule has 1 aromatic heterocycles. The summed E-state index contributed by atoms with van der Waals surface area (Å²) in [6.45, 7) is 2.47.